The van der Waals surface area contributed by atoms with E-state index in [2.05, 4.69) is 9.98 Å². The number of aliphatic imine (C=N–C) groups is 1. The van der Waals surface area contributed by atoms with Crippen LogP contribution in [-0.4, -0.2) is 74.7 Å². The number of hydrogen-bond acceptors (Lipinski definition) is 8. The van der Waals surface area contributed by atoms with Gasteiger partial charge in [-0.2, -0.15) is 0 Å². The molecule has 5 N–H and O–H groups in total. The molecule has 10 heteroatoms. The van der Waals surface area contributed by atoms with Crippen molar-refractivity contribution in [2.45, 2.75) is 43.0 Å². The van der Waals surface area contributed by atoms with Crippen LogP contribution in [0.15, 0.2) is 59.7 Å². The average molecular weight is 476 g/mol. The normalized spacial score (nSPS) is 25.8. The summed E-state index contributed by atoms with van der Waals surface area (Å²) in [6.45, 7) is -0.507. The Balaban J connectivity index is 0.00000324. The Morgan fingerprint density at radius 1 is 1.09 bits per heavy atom. The van der Waals surface area contributed by atoms with Gasteiger partial charge in [-0.05, 0) is 22.8 Å². The molecule has 9 nitrogen and oxygen atoms in total. The van der Waals surface area contributed by atoms with E-state index < -0.39 is 49.1 Å². The molecule has 1 aliphatic rings. The number of aliphatic hydroxyl groups is 4. The van der Waals surface area contributed by atoms with Crippen LogP contribution >= 0.6 is 0 Å². The third-order valence-corrected chi connectivity index (χ3v) is 5.92. The molecule has 34 heavy (non-hydrogen) atoms. The number of para-hydroxylation sites is 1. The number of aromatic nitrogens is 1. The molecule has 0 unspecified atom stereocenters. The monoisotopic (exact) mass is 476 g/mol. The molecule has 2 heterocycles. The maximum Gasteiger partial charge on any atom is 1.00 e. The molecule has 4 rings (SSSR count). The molecule has 6 atom stereocenters. The van der Waals surface area contributed by atoms with Gasteiger partial charge in [-0.1, -0.05) is 42.5 Å². The molecule has 0 spiro atoms. The summed E-state index contributed by atoms with van der Waals surface area (Å²) in [6.07, 6.45) is -2.82. The maximum atomic E-state index is 11.7. The molecular formula is C24H25N2NaO7. The van der Waals surface area contributed by atoms with Gasteiger partial charge in [0.2, 0.25) is 0 Å². The van der Waals surface area contributed by atoms with Gasteiger partial charge in [-0.15, -0.1) is 0 Å². The molecule has 3 aromatic rings. The molecule has 1 fully saturated rings. The van der Waals surface area contributed by atoms with E-state index in [0.29, 0.717) is 11.1 Å². The number of aromatic amines is 1. The van der Waals surface area contributed by atoms with E-state index in [4.69, 9.17) is 4.74 Å². The molecule has 2 aromatic carbocycles. The van der Waals surface area contributed by atoms with Gasteiger partial charge in [0.1, 0.15) is 30.5 Å². The van der Waals surface area contributed by atoms with Gasteiger partial charge in [-0.25, -0.2) is 0 Å². The van der Waals surface area contributed by atoms with E-state index >= 15 is 0 Å². The summed E-state index contributed by atoms with van der Waals surface area (Å²) >= 11 is 0. The summed E-state index contributed by atoms with van der Waals surface area (Å²) in [5.41, 5.74) is 2.89. The van der Waals surface area contributed by atoms with E-state index in [1.54, 1.807) is 30.5 Å². The van der Waals surface area contributed by atoms with Crippen molar-refractivity contribution in [2.24, 2.45) is 4.99 Å². The molecular weight excluding hydrogens is 451 g/mol. The van der Waals surface area contributed by atoms with Gasteiger partial charge < -0.3 is 40.0 Å². The van der Waals surface area contributed by atoms with Gasteiger partial charge in [0.05, 0.1) is 18.6 Å². The zero-order valence-corrected chi connectivity index (χ0v) is 20.6. The van der Waals surface area contributed by atoms with Gasteiger partial charge in [0.25, 0.3) is 0 Å². The van der Waals surface area contributed by atoms with Gasteiger partial charge in [-0.3, -0.25) is 4.99 Å². The average Bonchev–Trinajstić information content (AvgIpc) is 3.23. The third-order valence-electron chi connectivity index (χ3n) is 5.92. The van der Waals surface area contributed by atoms with Crippen LogP contribution in [0.25, 0.3) is 10.9 Å². The molecule has 1 saturated heterocycles. The zero-order valence-electron chi connectivity index (χ0n) is 18.6. The van der Waals surface area contributed by atoms with Crippen LogP contribution < -0.4 is 34.7 Å². The number of aliphatic hydroxyl groups excluding tert-OH is 4. The van der Waals surface area contributed by atoms with E-state index in [-0.39, 0.29) is 36.0 Å². The first-order valence-electron chi connectivity index (χ1n) is 10.6. The van der Waals surface area contributed by atoms with Crippen molar-refractivity contribution in [1.29, 1.82) is 0 Å². The molecule has 0 aliphatic carbocycles. The van der Waals surface area contributed by atoms with Crippen LogP contribution in [0.4, 0.5) is 0 Å². The summed E-state index contributed by atoms with van der Waals surface area (Å²) in [5.74, 6) is -1.28. The van der Waals surface area contributed by atoms with E-state index in [9.17, 15) is 30.3 Å². The number of aliphatic carboxylic acids is 1. The van der Waals surface area contributed by atoms with Crippen molar-refractivity contribution in [3.8, 4) is 0 Å². The van der Waals surface area contributed by atoms with E-state index in [0.717, 1.165) is 16.5 Å². The minimum absolute atomic E-state index is 0. The van der Waals surface area contributed by atoms with Crippen LogP contribution in [0.1, 0.15) is 22.8 Å². The number of ether oxygens (including phenoxy) is 1. The minimum Gasteiger partial charge on any atom is -0.548 e. The Bertz CT molecular complexity index is 1130. The zero-order chi connectivity index (χ0) is 23.5. The first-order valence-corrected chi connectivity index (χ1v) is 10.6. The largest absolute Gasteiger partial charge is 1.00 e. The summed E-state index contributed by atoms with van der Waals surface area (Å²) in [7, 11) is 0. The number of nitrogens with one attached hydrogen (secondary N) is 1. The predicted octanol–water partition coefficient (Wildman–Crippen LogP) is -3.53. The number of benzene rings is 2. The van der Waals surface area contributed by atoms with Crippen molar-refractivity contribution >= 4 is 23.1 Å². The minimum atomic E-state index is -1.46. The summed E-state index contributed by atoms with van der Waals surface area (Å²) < 4.78 is 5.55. The van der Waals surface area contributed by atoms with Gasteiger partial charge in [0.15, 0.2) is 0 Å². The maximum absolute atomic E-state index is 11.7. The Kier molecular flexibility index (Phi) is 9.02. The first-order chi connectivity index (χ1) is 15.9. The van der Waals surface area contributed by atoms with E-state index in [1.807, 2.05) is 24.3 Å². The molecule has 1 aliphatic heterocycles. The van der Waals surface area contributed by atoms with Crippen molar-refractivity contribution in [2.75, 3.05) is 6.61 Å². The SMILES string of the molecule is O=C([O-])[C@H](Cc1c[nH]c2ccccc12)N=Cc1ccc([C@@H]2O[C@H](CO)[C@@H](O)[C@@H](O)[C@H]2O)cc1.[Na+]. The quantitative estimate of drug-likeness (QED) is 0.175. The molecule has 1 aromatic heterocycles. The third kappa shape index (κ3) is 5.59. The van der Waals surface area contributed by atoms with E-state index in [1.165, 1.54) is 6.21 Å². The van der Waals surface area contributed by atoms with Crippen molar-refractivity contribution in [3.63, 3.8) is 0 Å². The number of nitrogens with zero attached hydrogens (tertiary/aromatic N) is 1. The van der Waals surface area contributed by atoms with Crippen LogP contribution in [0.3, 0.4) is 0 Å². The topological polar surface area (TPSA) is 158 Å². The van der Waals surface area contributed by atoms with Crippen LogP contribution in [-0.2, 0) is 16.0 Å². The number of carboxylic acid groups (broad SMARTS) is 1. The van der Waals surface area contributed by atoms with Crippen molar-refractivity contribution in [3.05, 3.63) is 71.4 Å². The Morgan fingerprint density at radius 2 is 1.79 bits per heavy atom. The number of fused-ring (bicyclic) bond motifs is 1. The summed E-state index contributed by atoms with van der Waals surface area (Å²) in [4.78, 5) is 19.0. The number of carbonyl (C=O) groups excluding carboxylic acids is 1. The summed E-state index contributed by atoms with van der Waals surface area (Å²) in [6, 6.07) is 13.1. The number of hydrogen-bond donors (Lipinski definition) is 5. The number of H-pyrrole nitrogens is 1. The molecule has 0 amide bonds. The van der Waals surface area contributed by atoms with Gasteiger partial charge >= 0.3 is 29.6 Å². The molecule has 174 valence electrons. The fraction of sp³-hybridized carbons (Fsp3) is 0.333. The van der Waals surface area contributed by atoms with Crippen LogP contribution in [0.5, 0.6) is 0 Å². The van der Waals surface area contributed by atoms with Crippen molar-refractivity contribution in [1.82, 2.24) is 4.98 Å². The van der Waals surface area contributed by atoms with Crippen molar-refractivity contribution < 1.29 is 64.6 Å². The summed E-state index contributed by atoms with van der Waals surface area (Å²) in [5, 5.41) is 52.1. The fourth-order valence-electron chi connectivity index (χ4n) is 4.03. The molecule has 0 radical (unpaired) electrons. The number of carboxylic acids is 1. The second-order valence-corrected chi connectivity index (χ2v) is 8.09. The molecule has 0 bridgehead atoms. The second kappa shape index (κ2) is 11.6. The number of carbonyl (C=O) groups is 1. The van der Waals surface area contributed by atoms with Crippen LogP contribution in [0, 0.1) is 0 Å². The fourth-order valence-corrected chi connectivity index (χ4v) is 4.03. The standard InChI is InChI=1S/C24H26N2O7.Na/c27-12-19-20(28)21(29)22(30)23(33-19)14-7-5-13(6-8-14)10-25-18(24(31)32)9-15-11-26-17-4-2-1-3-16(15)17;/h1-8,10-11,18-23,26-30H,9,12H2,(H,31,32);/q;+1/p-1/t18-,19+,20+,21+,22+,23-;/m0./s1. The predicted molar refractivity (Wildman–Crippen MR) is 118 cm³/mol. The Morgan fingerprint density at radius 3 is 2.47 bits per heavy atom. The number of rotatable bonds is 7. The Labute approximate surface area is 218 Å². The van der Waals surface area contributed by atoms with Crippen LogP contribution in [0.2, 0.25) is 0 Å². The second-order valence-electron chi connectivity index (χ2n) is 8.09. The van der Waals surface area contributed by atoms with Gasteiger partial charge in [0, 0.05) is 29.7 Å². The Hall–Kier alpha value is -2.08. The first kappa shape index (κ1) is 26.5. The molecule has 0 saturated carbocycles. The smallest absolute Gasteiger partial charge is 0.548 e.